The number of carbonyl (C=O) groups excluding carboxylic acids is 1. The van der Waals surface area contributed by atoms with Crippen LogP contribution in [0.15, 0.2) is 23.1 Å². The van der Waals surface area contributed by atoms with Gasteiger partial charge in [-0.3, -0.25) is 4.79 Å². The summed E-state index contributed by atoms with van der Waals surface area (Å²) >= 11 is 5.72. The van der Waals surface area contributed by atoms with Gasteiger partial charge in [-0.15, -0.1) is 0 Å². The quantitative estimate of drug-likeness (QED) is 0.599. The smallest absolute Gasteiger partial charge is 0.243 e. The van der Waals surface area contributed by atoms with E-state index in [0.717, 1.165) is 12.1 Å². The number of carbonyl (C=O) groups is 1. The van der Waals surface area contributed by atoms with Crippen molar-refractivity contribution in [1.29, 1.82) is 0 Å². The molecule has 2 fully saturated rings. The fraction of sp³-hybridized carbons (Fsp3) is 0.632. The van der Waals surface area contributed by atoms with E-state index in [2.05, 4.69) is 0 Å². The van der Waals surface area contributed by atoms with Crippen molar-refractivity contribution in [3.8, 4) is 0 Å². The molecule has 2 aliphatic heterocycles. The van der Waals surface area contributed by atoms with Gasteiger partial charge in [0, 0.05) is 39.3 Å². The number of benzene rings is 1. The number of piperazine rings is 1. The molecule has 1 aromatic rings. The van der Waals surface area contributed by atoms with Gasteiger partial charge in [0.05, 0.1) is 21.6 Å². The second-order valence-corrected chi connectivity index (χ2v) is 12.3. The zero-order chi connectivity index (χ0) is 22.8. The summed E-state index contributed by atoms with van der Waals surface area (Å²) in [6.45, 7) is 3.04. The first-order valence-electron chi connectivity index (χ1n) is 10.3. The molecule has 3 rings (SSSR count). The summed E-state index contributed by atoms with van der Waals surface area (Å²) in [5.74, 6) is -1.19. The van der Waals surface area contributed by atoms with E-state index in [-0.39, 0.29) is 54.3 Å². The van der Waals surface area contributed by atoms with Crippen LogP contribution in [0.5, 0.6) is 0 Å². The van der Waals surface area contributed by atoms with Crippen molar-refractivity contribution in [1.82, 2.24) is 13.5 Å². The monoisotopic (exact) mass is 495 g/mol. The van der Waals surface area contributed by atoms with Crippen molar-refractivity contribution >= 4 is 37.6 Å². The number of piperidine rings is 1. The molecule has 1 aromatic carbocycles. The molecule has 0 aliphatic carbocycles. The lowest BCUT2D eigenvalue weighted by Gasteiger charge is -2.38. The van der Waals surface area contributed by atoms with Gasteiger partial charge >= 0.3 is 0 Å². The highest BCUT2D eigenvalue weighted by atomic mass is 35.5. The molecule has 2 saturated heterocycles. The Labute approximate surface area is 188 Å². The third-order valence-electron chi connectivity index (χ3n) is 5.67. The minimum Gasteiger partial charge on any atom is -0.340 e. The molecule has 12 heteroatoms. The van der Waals surface area contributed by atoms with Crippen LogP contribution in [0.25, 0.3) is 0 Å². The fourth-order valence-corrected chi connectivity index (χ4v) is 7.26. The number of hydrogen-bond acceptors (Lipinski definition) is 5. The molecule has 174 valence electrons. The molecule has 8 nitrogen and oxygen atoms in total. The van der Waals surface area contributed by atoms with E-state index in [4.69, 9.17) is 11.6 Å². The molecule has 2 heterocycles. The first-order chi connectivity index (χ1) is 14.6. The summed E-state index contributed by atoms with van der Waals surface area (Å²) in [5.41, 5.74) is 0. The van der Waals surface area contributed by atoms with Crippen molar-refractivity contribution in [2.75, 3.05) is 45.0 Å². The maximum absolute atomic E-state index is 13.4. The SMILES string of the molecule is CCCS(=O)(=O)N1CCCC(C(=O)N2CCN(S(=O)(=O)c3ccc(F)c(Cl)c3)CC2)C1. The number of sulfonamides is 2. The van der Waals surface area contributed by atoms with Gasteiger partial charge in [-0.05, 0) is 37.5 Å². The molecule has 1 atom stereocenters. The predicted molar refractivity (Wildman–Crippen MR) is 115 cm³/mol. The van der Waals surface area contributed by atoms with Crippen molar-refractivity contribution in [2.45, 2.75) is 31.1 Å². The Morgan fingerprint density at radius 2 is 1.77 bits per heavy atom. The molecule has 0 aromatic heterocycles. The lowest BCUT2D eigenvalue weighted by atomic mass is 9.98. The molecule has 0 bridgehead atoms. The van der Waals surface area contributed by atoms with Crippen LogP contribution in [0.2, 0.25) is 5.02 Å². The number of hydrogen-bond donors (Lipinski definition) is 0. The van der Waals surface area contributed by atoms with E-state index < -0.39 is 31.8 Å². The van der Waals surface area contributed by atoms with Gasteiger partial charge in [0.15, 0.2) is 0 Å². The van der Waals surface area contributed by atoms with Crippen molar-refractivity contribution in [3.05, 3.63) is 29.0 Å². The Kier molecular flexibility index (Phi) is 7.62. The van der Waals surface area contributed by atoms with Crippen LogP contribution in [0.1, 0.15) is 26.2 Å². The molecule has 0 N–H and O–H groups in total. The van der Waals surface area contributed by atoms with Crippen LogP contribution >= 0.6 is 11.6 Å². The molecule has 1 unspecified atom stereocenters. The lowest BCUT2D eigenvalue weighted by molar-refractivity contribution is -0.137. The lowest BCUT2D eigenvalue weighted by Crippen LogP contribution is -2.54. The highest BCUT2D eigenvalue weighted by molar-refractivity contribution is 7.89. The summed E-state index contributed by atoms with van der Waals surface area (Å²) in [6.07, 6.45) is 1.76. The van der Waals surface area contributed by atoms with Gasteiger partial charge in [0.1, 0.15) is 5.82 Å². The molecule has 2 aliphatic rings. The van der Waals surface area contributed by atoms with Gasteiger partial charge in [-0.2, -0.15) is 4.31 Å². The van der Waals surface area contributed by atoms with E-state index in [1.807, 2.05) is 0 Å². The first-order valence-corrected chi connectivity index (χ1v) is 13.7. The number of halogens is 2. The topological polar surface area (TPSA) is 95.1 Å². The van der Waals surface area contributed by atoms with Gasteiger partial charge < -0.3 is 4.90 Å². The summed E-state index contributed by atoms with van der Waals surface area (Å²) in [5, 5.41) is -0.269. The normalized spacial score (nSPS) is 21.9. The third-order valence-corrected chi connectivity index (χ3v) is 9.89. The third kappa shape index (κ3) is 5.39. The molecular weight excluding hydrogens is 469 g/mol. The fourth-order valence-electron chi connectivity index (χ4n) is 3.98. The van der Waals surface area contributed by atoms with E-state index in [0.29, 0.717) is 25.8 Å². The Hall–Kier alpha value is -1.27. The second-order valence-electron chi connectivity index (χ2n) is 7.82. The summed E-state index contributed by atoms with van der Waals surface area (Å²) in [6, 6.07) is 3.26. The van der Waals surface area contributed by atoms with Crippen LogP contribution in [0.3, 0.4) is 0 Å². The molecule has 1 amide bonds. The van der Waals surface area contributed by atoms with Crippen LogP contribution in [0.4, 0.5) is 4.39 Å². The van der Waals surface area contributed by atoms with Crippen LogP contribution < -0.4 is 0 Å². The van der Waals surface area contributed by atoms with Gasteiger partial charge in [0.2, 0.25) is 26.0 Å². The number of rotatable bonds is 6. The largest absolute Gasteiger partial charge is 0.340 e. The van der Waals surface area contributed by atoms with Crippen LogP contribution in [-0.2, 0) is 24.8 Å². The van der Waals surface area contributed by atoms with Crippen molar-refractivity contribution in [2.24, 2.45) is 5.92 Å². The van der Waals surface area contributed by atoms with E-state index in [9.17, 15) is 26.0 Å². The zero-order valence-corrected chi connectivity index (χ0v) is 19.7. The van der Waals surface area contributed by atoms with E-state index in [1.165, 1.54) is 14.7 Å². The van der Waals surface area contributed by atoms with Gasteiger partial charge in [-0.1, -0.05) is 18.5 Å². The van der Waals surface area contributed by atoms with Crippen molar-refractivity contribution in [3.63, 3.8) is 0 Å². The first kappa shape index (κ1) is 24.4. The summed E-state index contributed by atoms with van der Waals surface area (Å²) in [4.78, 5) is 14.5. The zero-order valence-electron chi connectivity index (χ0n) is 17.3. The molecule has 0 saturated carbocycles. The minimum absolute atomic E-state index is 0.0673. The number of nitrogens with zero attached hydrogens (tertiary/aromatic N) is 3. The molecule has 31 heavy (non-hydrogen) atoms. The van der Waals surface area contributed by atoms with E-state index in [1.54, 1.807) is 11.8 Å². The molecular formula is C19H27ClFN3O5S2. The Bertz CT molecular complexity index is 1030. The molecule has 0 radical (unpaired) electrons. The van der Waals surface area contributed by atoms with Gasteiger partial charge in [0.25, 0.3) is 0 Å². The maximum atomic E-state index is 13.4. The number of amides is 1. The average molecular weight is 496 g/mol. The van der Waals surface area contributed by atoms with Gasteiger partial charge in [-0.25, -0.2) is 25.5 Å². The summed E-state index contributed by atoms with van der Waals surface area (Å²) in [7, 11) is -7.21. The summed E-state index contributed by atoms with van der Waals surface area (Å²) < 4.78 is 66.4. The highest BCUT2D eigenvalue weighted by Crippen LogP contribution is 2.25. The maximum Gasteiger partial charge on any atom is 0.243 e. The average Bonchev–Trinajstić information content (AvgIpc) is 2.75. The van der Waals surface area contributed by atoms with Crippen LogP contribution in [0, 0.1) is 11.7 Å². The second kappa shape index (κ2) is 9.70. The Morgan fingerprint density at radius 3 is 2.39 bits per heavy atom. The van der Waals surface area contributed by atoms with E-state index >= 15 is 0 Å². The highest BCUT2D eigenvalue weighted by Gasteiger charge is 2.36. The van der Waals surface area contributed by atoms with Crippen LogP contribution in [-0.4, -0.2) is 81.3 Å². The predicted octanol–water partition coefficient (Wildman–Crippen LogP) is 1.76. The minimum atomic E-state index is -3.85. The van der Waals surface area contributed by atoms with Crippen molar-refractivity contribution < 1.29 is 26.0 Å². The Balaban J connectivity index is 1.62. The molecule has 0 spiro atoms. The Morgan fingerprint density at radius 1 is 1.10 bits per heavy atom. The standard InChI is InChI=1S/C19H27ClFN3O5S2/c1-2-12-30(26,27)24-7-3-4-15(14-24)19(25)22-8-10-23(11-9-22)31(28,29)16-5-6-18(21)17(20)13-16/h5-6,13,15H,2-4,7-12,14H2,1H3.